The molecule has 0 spiro atoms. The van der Waals surface area contributed by atoms with Crippen LogP contribution in [0.3, 0.4) is 0 Å². The summed E-state index contributed by atoms with van der Waals surface area (Å²) >= 11 is 0. The number of hydrogen-bond donors (Lipinski definition) is 0. The molecule has 3 nitrogen and oxygen atoms in total. The average molecular weight is 727 g/mol. The molecule has 0 fully saturated rings. The zero-order valence-corrected chi connectivity index (χ0v) is 30.9. The summed E-state index contributed by atoms with van der Waals surface area (Å²) in [5.41, 5.74) is 16.0. The lowest BCUT2D eigenvalue weighted by Gasteiger charge is -2.11. The van der Waals surface area contributed by atoms with Crippen LogP contribution in [0.1, 0.15) is 0 Å². The number of fused-ring (bicyclic) bond motifs is 9. The number of benzene rings is 9. The lowest BCUT2D eigenvalue weighted by atomic mass is 10.0. The third-order valence-electron chi connectivity index (χ3n) is 11.7. The van der Waals surface area contributed by atoms with Crippen LogP contribution in [-0.2, 0) is 0 Å². The molecule has 266 valence electrons. The van der Waals surface area contributed by atoms with Gasteiger partial charge in [-0.3, -0.25) is 0 Å². The molecule has 0 saturated carbocycles. The molecular formula is C54H34N2O. The van der Waals surface area contributed by atoms with Gasteiger partial charge in [0.1, 0.15) is 11.2 Å². The number of hydrogen-bond acceptors (Lipinski definition) is 1. The fraction of sp³-hybridized carbons (Fsp3) is 0. The molecule has 0 aliphatic rings. The molecule has 12 rings (SSSR count). The van der Waals surface area contributed by atoms with Gasteiger partial charge in [0, 0.05) is 43.7 Å². The Bertz CT molecular complexity index is 3510. The summed E-state index contributed by atoms with van der Waals surface area (Å²) in [5.74, 6) is 0. The SMILES string of the molecule is c1ccc(-c2cccc(-n3c4ccccc4c4cc(-c5ccc6c(c5)c5ccccc5n6-c5ccc6oc7ccc(-c8ccccc8)cc7c6c5)ccc43)c2)cc1. The maximum absolute atomic E-state index is 6.35. The van der Waals surface area contributed by atoms with Crippen LogP contribution in [-0.4, -0.2) is 9.13 Å². The Morgan fingerprint density at radius 2 is 0.667 bits per heavy atom. The van der Waals surface area contributed by atoms with Gasteiger partial charge in [-0.2, -0.15) is 0 Å². The highest BCUT2D eigenvalue weighted by Gasteiger charge is 2.18. The fourth-order valence-corrected chi connectivity index (χ4v) is 9.03. The number of furan rings is 1. The summed E-state index contributed by atoms with van der Waals surface area (Å²) in [6.07, 6.45) is 0. The first-order chi connectivity index (χ1) is 28.2. The van der Waals surface area contributed by atoms with E-state index in [0.29, 0.717) is 0 Å². The molecule has 3 heteroatoms. The lowest BCUT2D eigenvalue weighted by Crippen LogP contribution is -1.94. The summed E-state index contributed by atoms with van der Waals surface area (Å²) in [5, 5.41) is 7.18. The maximum Gasteiger partial charge on any atom is 0.135 e. The molecule has 57 heavy (non-hydrogen) atoms. The van der Waals surface area contributed by atoms with Crippen molar-refractivity contribution in [3.8, 4) is 44.8 Å². The van der Waals surface area contributed by atoms with E-state index in [1.807, 2.05) is 0 Å². The van der Waals surface area contributed by atoms with Gasteiger partial charge in [0.15, 0.2) is 0 Å². The van der Waals surface area contributed by atoms with Gasteiger partial charge in [0.2, 0.25) is 0 Å². The molecule has 0 aliphatic carbocycles. The monoisotopic (exact) mass is 726 g/mol. The van der Waals surface area contributed by atoms with Gasteiger partial charge in [-0.05, 0) is 112 Å². The summed E-state index contributed by atoms with van der Waals surface area (Å²) in [4.78, 5) is 0. The van der Waals surface area contributed by atoms with Crippen molar-refractivity contribution < 1.29 is 4.42 Å². The van der Waals surface area contributed by atoms with Crippen LogP contribution < -0.4 is 0 Å². The van der Waals surface area contributed by atoms with Crippen molar-refractivity contribution in [2.45, 2.75) is 0 Å². The summed E-state index contributed by atoms with van der Waals surface area (Å²) in [6, 6.07) is 74.5. The van der Waals surface area contributed by atoms with E-state index in [4.69, 9.17) is 4.42 Å². The molecule has 3 heterocycles. The third-order valence-corrected chi connectivity index (χ3v) is 11.7. The highest BCUT2D eigenvalue weighted by atomic mass is 16.3. The van der Waals surface area contributed by atoms with Crippen LogP contribution in [0, 0.1) is 0 Å². The van der Waals surface area contributed by atoms with Crippen LogP contribution in [0.15, 0.2) is 211 Å². The van der Waals surface area contributed by atoms with E-state index in [0.717, 1.165) is 33.3 Å². The molecule has 0 atom stereocenters. The molecule has 9 aromatic carbocycles. The molecule has 0 unspecified atom stereocenters. The number of nitrogens with zero attached hydrogens (tertiary/aromatic N) is 2. The molecule has 0 amide bonds. The molecule has 3 aromatic heterocycles. The van der Waals surface area contributed by atoms with E-state index in [1.165, 1.54) is 77.0 Å². The quantitative estimate of drug-likeness (QED) is 0.173. The van der Waals surface area contributed by atoms with E-state index >= 15 is 0 Å². The molecule has 0 saturated heterocycles. The second-order valence-corrected chi connectivity index (χ2v) is 14.9. The van der Waals surface area contributed by atoms with E-state index in [-0.39, 0.29) is 0 Å². The van der Waals surface area contributed by atoms with Gasteiger partial charge >= 0.3 is 0 Å². The van der Waals surface area contributed by atoms with E-state index < -0.39 is 0 Å². The zero-order valence-electron chi connectivity index (χ0n) is 30.9. The van der Waals surface area contributed by atoms with Crippen molar-refractivity contribution >= 4 is 65.6 Å². The molecule has 0 N–H and O–H groups in total. The van der Waals surface area contributed by atoms with Crippen molar-refractivity contribution in [3.05, 3.63) is 206 Å². The third kappa shape index (κ3) is 4.99. The first kappa shape index (κ1) is 31.7. The fourth-order valence-electron chi connectivity index (χ4n) is 9.03. The number of rotatable bonds is 5. The number of aromatic nitrogens is 2. The minimum atomic E-state index is 0.891. The molecule has 0 aliphatic heterocycles. The lowest BCUT2D eigenvalue weighted by molar-refractivity contribution is 0.669. The Balaban J connectivity index is 0.995. The van der Waals surface area contributed by atoms with Gasteiger partial charge in [-0.15, -0.1) is 0 Å². The second kappa shape index (κ2) is 12.5. The first-order valence-corrected chi connectivity index (χ1v) is 19.5. The summed E-state index contributed by atoms with van der Waals surface area (Å²) < 4.78 is 11.2. The normalized spacial score (nSPS) is 11.9. The van der Waals surface area contributed by atoms with E-state index in [2.05, 4.69) is 215 Å². The van der Waals surface area contributed by atoms with Gasteiger partial charge in [0.05, 0.1) is 22.1 Å². The highest BCUT2D eigenvalue weighted by Crippen LogP contribution is 2.40. The van der Waals surface area contributed by atoms with E-state index in [9.17, 15) is 0 Å². The van der Waals surface area contributed by atoms with Crippen LogP contribution in [0.4, 0.5) is 0 Å². The highest BCUT2D eigenvalue weighted by molar-refractivity contribution is 6.13. The van der Waals surface area contributed by atoms with Gasteiger partial charge < -0.3 is 13.6 Å². The molecule has 0 bridgehead atoms. The molecule has 0 radical (unpaired) electrons. The van der Waals surface area contributed by atoms with Crippen LogP contribution in [0.5, 0.6) is 0 Å². The minimum Gasteiger partial charge on any atom is -0.456 e. The Morgan fingerprint density at radius 3 is 1.28 bits per heavy atom. The topological polar surface area (TPSA) is 23.0 Å². The average Bonchev–Trinajstić information content (AvgIpc) is 3.93. The predicted molar refractivity (Wildman–Crippen MR) is 239 cm³/mol. The van der Waals surface area contributed by atoms with Crippen molar-refractivity contribution in [1.29, 1.82) is 0 Å². The van der Waals surface area contributed by atoms with Crippen molar-refractivity contribution in [3.63, 3.8) is 0 Å². The minimum absolute atomic E-state index is 0.891. The summed E-state index contributed by atoms with van der Waals surface area (Å²) in [7, 11) is 0. The van der Waals surface area contributed by atoms with E-state index in [1.54, 1.807) is 0 Å². The molecular weight excluding hydrogens is 693 g/mol. The Kier molecular flexibility index (Phi) is 6.93. The second-order valence-electron chi connectivity index (χ2n) is 14.9. The summed E-state index contributed by atoms with van der Waals surface area (Å²) in [6.45, 7) is 0. The van der Waals surface area contributed by atoms with Crippen molar-refractivity contribution in [1.82, 2.24) is 9.13 Å². The Hall–Kier alpha value is -7.62. The zero-order chi connectivity index (χ0) is 37.5. The van der Waals surface area contributed by atoms with Gasteiger partial charge in [0.25, 0.3) is 0 Å². The van der Waals surface area contributed by atoms with Crippen LogP contribution >= 0.6 is 0 Å². The Labute approximate surface area is 328 Å². The smallest absolute Gasteiger partial charge is 0.135 e. The van der Waals surface area contributed by atoms with Crippen LogP contribution in [0.2, 0.25) is 0 Å². The maximum atomic E-state index is 6.35. The largest absolute Gasteiger partial charge is 0.456 e. The van der Waals surface area contributed by atoms with Crippen molar-refractivity contribution in [2.24, 2.45) is 0 Å². The first-order valence-electron chi connectivity index (χ1n) is 19.5. The van der Waals surface area contributed by atoms with Gasteiger partial charge in [-0.1, -0.05) is 127 Å². The Morgan fingerprint density at radius 1 is 0.246 bits per heavy atom. The number of para-hydroxylation sites is 2. The van der Waals surface area contributed by atoms with Crippen molar-refractivity contribution in [2.75, 3.05) is 0 Å². The predicted octanol–water partition coefficient (Wildman–Crippen LogP) is 14.8. The molecule has 12 aromatic rings. The standard InChI is InChI=1S/C54H34N2O/c1-3-12-35(13-4-1)37-16-11-17-41(30-37)55-49-20-9-7-18-43(49)45-31-39(22-26-51(45)55)40-23-27-52-46(32-40)44-19-8-10-21-50(44)56(52)42-25-29-54-48(34-42)47-33-38(24-28-53(47)57-54)36-14-5-2-6-15-36/h1-34H. The van der Waals surface area contributed by atoms with Crippen LogP contribution in [0.25, 0.3) is 110 Å². The van der Waals surface area contributed by atoms with Gasteiger partial charge in [-0.25, -0.2) is 0 Å².